The van der Waals surface area contributed by atoms with Crippen LogP contribution in [-0.4, -0.2) is 9.55 Å². The van der Waals surface area contributed by atoms with Gasteiger partial charge in [-0.25, -0.2) is 4.98 Å². The third kappa shape index (κ3) is 3.49. The van der Waals surface area contributed by atoms with Crippen molar-refractivity contribution < 1.29 is 4.11 Å². The van der Waals surface area contributed by atoms with Gasteiger partial charge in [0.25, 0.3) is 0 Å². The van der Waals surface area contributed by atoms with Crippen LogP contribution in [0.1, 0.15) is 60.3 Å². The minimum absolute atomic E-state index is 0.344. The second-order valence-electron chi connectivity index (χ2n) is 9.85. The van der Waals surface area contributed by atoms with E-state index in [4.69, 9.17) is 9.10 Å². The summed E-state index contributed by atoms with van der Waals surface area (Å²) in [6, 6.07) is 26.9. The molecule has 0 amide bonds. The van der Waals surface area contributed by atoms with Crippen molar-refractivity contribution in [2.24, 2.45) is 0 Å². The molecular weight excluding hydrogens is 444 g/mol. The Bertz CT molecular complexity index is 1800. The molecule has 3 heteroatoms. The molecular formula is C32H30N2S. The molecule has 0 saturated carbocycles. The number of hydrogen-bond acceptors (Lipinski definition) is 2. The highest BCUT2D eigenvalue weighted by Crippen LogP contribution is 2.43. The summed E-state index contributed by atoms with van der Waals surface area (Å²) in [6.45, 7) is 6.86. The van der Waals surface area contributed by atoms with Crippen molar-refractivity contribution in [2.45, 2.75) is 46.4 Å². The van der Waals surface area contributed by atoms with Crippen LogP contribution >= 0.6 is 11.3 Å². The number of nitrogens with zero attached hydrogens (tertiary/aromatic N) is 2. The van der Waals surface area contributed by atoms with Crippen LogP contribution in [0.3, 0.4) is 0 Å². The highest BCUT2D eigenvalue weighted by Gasteiger charge is 2.23. The van der Waals surface area contributed by atoms with E-state index in [1.165, 1.54) is 16.8 Å². The molecule has 2 aromatic heterocycles. The minimum atomic E-state index is -2.13. The van der Waals surface area contributed by atoms with Crippen LogP contribution in [0.5, 0.6) is 0 Å². The molecule has 0 aliphatic rings. The van der Waals surface area contributed by atoms with Gasteiger partial charge in [-0.05, 0) is 59.6 Å². The van der Waals surface area contributed by atoms with E-state index in [-0.39, 0.29) is 0 Å². The first-order chi connectivity index (χ1) is 18.1. The van der Waals surface area contributed by atoms with Gasteiger partial charge in [-0.15, -0.1) is 11.3 Å². The largest absolute Gasteiger partial charge is 0.292 e. The molecule has 0 atom stereocenters. The maximum absolute atomic E-state index is 7.88. The van der Waals surface area contributed by atoms with Crippen LogP contribution in [0.25, 0.3) is 48.3 Å². The Hall–Kier alpha value is -3.43. The van der Waals surface area contributed by atoms with Crippen LogP contribution in [-0.2, 0) is 0 Å². The van der Waals surface area contributed by atoms with Gasteiger partial charge < -0.3 is 0 Å². The number of imidazole rings is 1. The number of para-hydroxylation sites is 3. The van der Waals surface area contributed by atoms with E-state index in [1.807, 2.05) is 18.2 Å². The van der Waals surface area contributed by atoms with Gasteiger partial charge in [0.1, 0.15) is 5.82 Å². The zero-order chi connectivity index (χ0) is 26.8. The Kier molecular flexibility index (Phi) is 4.50. The zero-order valence-electron chi connectivity index (χ0n) is 23.5. The number of rotatable bonds is 4. The molecule has 0 radical (unpaired) electrons. The molecule has 4 aromatic carbocycles. The van der Waals surface area contributed by atoms with Gasteiger partial charge in [0.15, 0.2) is 0 Å². The van der Waals surface area contributed by atoms with E-state index in [9.17, 15) is 0 Å². The van der Waals surface area contributed by atoms with Crippen LogP contribution in [0, 0.1) is 6.85 Å². The lowest BCUT2D eigenvalue weighted by Crippen LogP contribution is -2.08. The zero-order valence-corrected chi connectivity index (χ0v) is 21.3. The van der Waals surface area contributed by atoms with E-state index in [1.54, 1.807) is 17.4 Å². The monoisotopic (exact) mass is 477 g/mol. The lowest BCUT2D eigenvalue weighted by atomic mass is 9.92. The van der Waals surface area contributed by atoms with Crippen LogP contribution < -0.4 is 0 Å². The van der Waals surface area contributed by atoms with Crippen molar-refractivity contribution >= 4 is 42.5 Å². The highest BCUT2D eigenvalue weighted by molar-refractivity contribution is 7.26. The van der Waals surface area contributed by atoms with E-state index in [0.29, 0.717) is 17.4 Å². The van der Waals surface area contributed by atoms with Gasteiger partial charge in [-0.3, -0.25) is 4.57 Å². The number of benzene rings is 4. The molecule has 6 rings (SSSR count). The average molecular weight is 478 g/mol. The van der Waals surface area contributed by atoms with E-state index in [2.05, 4.69) is 86.9 Å². The number of aryl methyl sites for hydroxylation is 1. The molecule has 0 fully saturated rings. The Balaban J connectivity index is 1.71. The normalized spacial score (nSPS) is 13.7. The van der Waals surface area contributed by atoms with Gasteiger partial charge in [0, 0.05) is 29.8 Å². The van der Waals surface area contributed by atoms with Gasteiger partial charge in [0.05, 0.1) is 16.7 Å². The van der Waals surface area contributed by atoms with Crippen molar-refractivity contribution in [3.05, 3.63) is 95.6 Å². The maximum Gasteiger partial charge on any atom is 0.147 e. The second kappa shape index (κ2) is 8.35. The second-order valence-corrected chi connectivity index (χ2v) is 10.9. The summed E-state index contributed by atoms with van der Waals surface area (Å²) in [5.74, 6) is 1.60. The fourth-order valence-electron chi connectivity index (χ4n) is 5.18. The van der Waals surface area contributed by atoms with Gasteiger partial charge in [-0.2, -0.15) is 0 Å². The predicted octanol–water partition coefficient (Wildman–Crippen LogP) is 9.62. The smallest absolute Gasteiger partial charge is 0.147 e. The fraction of sp³-hybridized carbons (Fsp3) is 0.219. The van der Waals surface area contributed by atoms with Crippen LogP contribution in [0.4, 0.5) is 0 Å². The Morgan fingerprint density at radius 2 is 1.54 bits per heavy atom. The van der Waals surface area contributed by atoms with Crippen molar-refractivity contribution in [1.29, 1.82) is 0 Å². The predicted molar refractivity (Wildman–Crippen MR) is 152 cm³/mol. The Morgan fingerprint density at radius 1 is 0.800 bits per heavy atom. The van der Waals surface area contributed by atoms with Crippen molar-refractivity contribution in [3.8, 4) is 17.1 Å². The molecule has 0 unspecified atom stereocenters. The van der Waals surface area contributed by atoms with E-state index < -0.39 is 6.85 Å². The number of hydrogen-bond donors (Lipinski definition) is 0. The quantitative estimate of drug-likeness (QED) is 0.247. The molecule has 0 N–H and O–H groups in total. The molecule has 0 aliphatic heterocycles. The van der Waals surface area contributed by atoms with E-state index in [0.717, 1.165) is 42.6 Å². The molecule has 2 heterocycles. The first-order valence-electron chi connectivity index (χ1n) is 13.7. The summed E-state index contributed by atoms with van der Waals surface area (Å²) >= 11 is 1.64. The van der Waals surface area contributed by atoms with E-state index >= 15 is 0 Å². The molecule has 35 heavy (non-hydrogen) atoms. The minimum Gasteiger partial charge on any atom is -0.292 e. The van der Waals surface area contributed by atoms with Gasteiger partial charge >= 0.3 is 0 Å². The Labute approximate surface area is 215 Å². The van der Waals surface area contributed by atoms with Crippen LogP contribution in [0.15, 0.2) is 78.9 Å². The summed E-state index contributed by atoms with van der Waals surface area (Å²) in [6.07, 6.45) is 0. The fourth-order valence-corrected chi connectivity index (χ4v) is 6.43. The summed E-state index contributed by atoms with van der Waals surface area (Å²) in [7, 11) is 0. The Morgan fingerprint density at radius 3 is 2.29 bits per heavy atom. The summed E-state index contributed by atoms with van der Waals surface area (Å²) in [5, 5.41) is 2.20. The molecule has 0 saturated heterocycles. The summed E-state index contributed by atoms with van der Waals surface area (Å²) < 4.78 is 28.1. The standard InChI is InChI=1S/C32H30N2S/c1-19(2)22-10-8-11-23(20(3)4)30(22)34-28-15-7-6-14-27(28)33-32(34)26-13-9-12-25-24-17-16-21(5)18-29(24)35-31(25)26/h6-20H,1-5H3/i5D3. The van der Waals surface area contributed by atoms with Crippen molar-refractivity contribution in [1.82, 2.24) is 9.55 Å². The highest BCUT2D eigenvalue weighted by atomic mass is 32.1. The summed E-state index contributed by atoms with van der Waals surface area (Å²) in [4.78, 5) is 5.22. The van der Waals surface area contributed by atoms with Crippen molar-refractivity contribution in [2.75, 3.05) is 0 Å². The lowest BCUT2D eigenvalue weighted by molar-refractivity contribution is 0.811. The molecule has 0 bridgehead atoms. The molecule has 6 aromatic rings. The number of aromatic nitrogens is 2. The molecule has 0 aliphatic carbocycles. The first-order valence-corrected chi connectivity index (χ1v) is 13.0. The van der Waals surface area contributed by atoms with Gasteiger partial charge in [-0.1, -0.05) is 82.3 Å². The lowest BCUT2D eigenvalue weighted by Gasteiger charge is -2.22. The van der Waals surface area contributed by atoms with Crippen molar-refractivity contribution in [3.63, 3.8) is 0 Å². The topological polar surface area (TPSA) is 17.8 Å². The summed E-state index contributed by atoms with van der Waals surface area (Å²) in [5.41, 5.74) is 7.28. The van der Waals surface area contributed by atoms with Gasteiger partial charge in [0.2, 0.25) is 0 Å². The number of thiophene rings is 1. The third-order valence-corrected chi connectivity index (χ3v) is 8.07. The number of fused-ring (bicyclic) bond motifs is 4. The maximum atomic E-state index is 7.88. The van der Waals surface area contributed by atoms with Crippen LogP contribution in [0.2, 0.25) is 0 Å². The molecule has 0 spiro atoms. The first kappa shape index (κ1) is 18.8. The molecule has 2 nitrogen and oxygen atoms in total. The SMILES string of the molecule is [2H]C([2H])([2H])c1ccc2c(c1)sc1c(-c3nc4ccccc4n3-c3c(C(C)C)cccc3C(C)C)cccc12. The third-order valence-electron chi connectivity index (χ3n) is 6.87. The average Bonchev–Trinajstić information content (AvgIpc) is 3.45. The molecule has 174 valence electrons.